The Bertz CT molecular complexity index is 643. The standard InChI is InChI=1S/C14H15N5/c1-2-11-8-15-6-4-13(11)12(3-1)9-16-7-5-14-17-10-18-19-14/h1-4,6,8,10,16H,5,7,9H2,(H,17,18,19). The molecule has 5 nitrogen and oxygen atoms in total. The second-order valence-electron chi connectivity index (χ2n) is 4.37. The fourth-order valence-electron chi connectivity index (χ4n) is 2.12. The van der Waals surface area contributed by atoms with Crippen LogP contribution in [0, 0.1) is 0 Å². The molecular formula is C14H15N5. The summed E-state index contributed by atoms with van der Waals surface area (Å²) < 4.78 is 0. The minimum absolute atomic E-state index is 0.843. The molecule has 1 aromatic carbocycles. The van der Waals surface area contributed by atoms with Crippen molar-refractivity contribution >= 4 is 10.8 Å². The molecule has 0 spiro atoms. The molecule has 0 radical (unpaired) electrons. The Morgan fingerprint density at radius 2 is 2.21 bits per heavy atom. The van der Waals surface area contributed by atoms with Crippen LogP contribution in [0.2, 0.25) is 0 Å². The quantitative estimate of drug-likeness (QED) is 0.679. The van der Waals surface area contributed by atoms with Crippen molar-refractivity contribution in [2.24, 2.45) is 0 Å². The van der Waals surface area contributed by atoms with Crippen molar-refractivity contribution in [1.29, 1.82) is 0 Å². The Balaban J connectivity index is 1.62. The van der Waals surface area contributed by atoms with Crippen LogP contribution >= 0.6 is 0 Å². The normalized spacial score (nSPS) is 10.9. The molecule has 2 N–H and O–H groups in total. The molecule has 0 aliphatic heterocycles. The van der Waals surface area contributed by atoms with Gasteiger partial charge < -0.3 is 5.32 Å². The highest BCUT2D eigenvalue weighted by Gasteiger charge is 2.00. The van der Waals surface area contributed by atoms with E-state index in [2.05, 4.69) is 49.7 Å². The van der Waals surface area contributed by atoms with Gasteiger partial charge in [0, 0.05) is 37.3 Å². The number of hydrogen-bond donors (Lipinski definition) is 2. The molecule has 2 heterocycles. The molecule has 96 valence electrons. The molecule has 0 atom stereocenters. The van der Waals surface area contributed by atoms with Crippen molar-refractivity contribution in [2.45, 2.75) is 13.0 Å². The van der Waals surface area contributed by atoms with Crippen LogP contribution in [0.4, 0.5) is 0 Å². The summed E-state index contributed by atoms with van der Waals surface area (Å²) in [5, 5.41) is 12.5. The SMILES string of the molecule is c1cc(CNCCc2ncn[nH]2)c2ccncc2c1. The Labute approximate surface area is 111 Å². The number of nitrogens with zero attached hydrogens (tertiary/aromatic N) is 3. The summed E-state index contributed by atoms with van der Waals surface area (Å²) in [6.45, 7) is 1.71. The number of benzene rings is 1. The zero-order valence-corrected chi connectivity index (χ0v) is 10.5. The fraction of sp³-hybridized carbons (Fsp3) is 0.214. The van der Waals surface area contributed by atoms with Crippen LogP contribution in [0.5, 0.6) is 0 Å². The third-order valence-corrected chi connectivity index (χ3v) is 3.09. The van der Waals surface area contributed by atoms with Gasteiger partial charge in [-0.15, -0.1) is 0 Å². The lowest BCUT2D eigenvalue weighted by Gasteiger charge is -2.07. The van der Waals surface area contributed by atoms with Gasteiger partial charge in [0.2, 0.25) is 0 Å². The first kappa shape index (κ1) is 11.8. The molecular weight excluding hydrogens is 238 g/mol. The van der Waals surface area contributed by atoms with E-state index in [-0.39, 0.29) is 0 Å². The van der Waals surface area contributed by atoms with Gasteiger partial charge in [0.15, 0.2) is 0 Å². The van der Waals surface area contributed by atoms with E-state index in [0.717, 1.165) is 25.3 Å². The van der Waals surface area contributed by atoms with Gasteiger partial charge in [0.1, 0.15) is 12.2 Å². The first-order chi connectivity index (χ1) is 9.43. The van der Waals surface area contributed by atoms with Crippen LogP contribution in [0.3, 0.4) is 0 Å². The monoisotopic (exact) mass is 253 g/mol. The minimum Gasteiger partial charge on any atom is -0.312 e. The molecule has 0 amide bonds. The third kappa shape index (κ3) is 2.77. The highest BCUT2D eigenvalue weighted by Crippen LogP contribution is 2.16. The van der Waals surface area contributed by atoms with Gasteiger partial charge in [-0.2, -0.15) is 5.10 Å². The maximum absolute atomic E-state index is 4.14. The van der Waals surface area contributed by atoms with E-state index < -0.39 is 0 Å². The van der Waals surface area contributed by atoms with Crippen LogP contribution in [0.25, 0.3) is 10.8 Å². The number of fused-ring (bicyclic) bond motifs is 1. The van der Waals surface area contributed by atoms with Crippen LogP contribution in [-0.2, 0) is 13.0 Å². The largest absolute Gasteiger partial charge is 0.312 e. The van der Waals surface area contributed by atoms with Gasteiger partial charge in [-0.3, -0.25) is 10.1 Å². The van der Waals surface area contributed by atoms with Crippen molar-refractivity contribution < 1.29 is 0 Å². The fourth-order valence-corrected chi connectivity index (χ4v) is 2.12. The van der Waals surface area contributed by atoms with Crippen LogP contribution in [-0.4, -0.2) is 26.7 Å². The number of aromatic nitrogens is 4. The van der Waals surface area contributed by atoms with Crippen LogP contribution in [0.15, 0.2) is 43.0 Å². The molecule has 0 fully saturated rings. The van der Waals surface area contributed by atoms with Crippen molar-refractivity contribution in [3.63, 3.8) is 0 Å². The van der Waals surface area contributed by atoms with Crippen LogP contribution < -0.4 is 5.32 Å². The van der Waals surface area contributed by atoms with Crippen molar-refractivity contribution in [3.8, 4) is 0 Å². The van der Waals surface area contributed by atoms with E-state index in [1.54, 1.807) is 0 Å². The summed E-state index contributed by atoms with van der Waals surface area (Å²) in [6.07, 6.45) is 6.12. The van der Waals surface area contributed by atoms with Gasteiger partial charge in [-0.1, -0.05) is 18.2 Å². The van der Waals surface area contributed by atoms with Crippen molar-refractivity contribution in [1.82, 2.24) is 25.5 Å². The minimum atomic E-state index is 0.843. The lowest BCUT2D eigenvalue weighted by atomic mass is 10.1. The van der Waals surface area contributed by atoms with E-state index in [0.29, 0.717) is 0 Å². The zero-order valence-electron chi connectivity index (χ0n) is 10.5. The third-order valence-electron chi connectivity index (χ3n) is 3.09. The lowest BCUT2D eigenvalue weighted by molar-refractivity contribution is 0.674. The van der Waals surface area contributed by atoms with Gasteiger partial charge >= 0.3 is 0 Å². The Morgan fingerprint density at radius 1 is 1.21 bits per heavy atom. The number of aromatic amines is 1. The first-order valence-corrected chi connectivity index (χ1v) is 6.30. The molecule has 0 unspecified atom stereocenters. The number of rotatable bonds is 5. The molecule has 0 aliphatic rings. The van der Waals surface area contributed by atoms with E-state index in [4.69, 9.17) is 0 Å². The number of H-pyrrole nitrogens is 1. The average Bonchev–Trinajstić information content (AvgIpc) is 2.97. The maximum Gasteiger partial charge on any atom is 0.137 e. The Kier molecular flexibility index (Phi) is 3.47. The molecule has 19 heavy (non-hydrogen) atoms. The summed E-state index contributed by atoms with van der Waals surface area (Å²) >= 11 is 0. The summed E-state index contributed by atoms with van der Waals surface area (Å²) in [7, 11) is 0. The highest BCUT2D eigenvalue weighted by molar-refractivity contribution is 5.84. The van der Waals surface area contributed by atoms with Gasteiger partial charge in [0.05, 0.1) is 0 Å². The van der Waals surface area contributed by atoms with E-state index >= 15 is 0 Å². The molecule has 0 saturated heterocycles. The lowest BCUT2D eigenvalue weighted by Crippen LogP contribution is -2.17. The molecule has 3 rings (SSSR count). The second kappa shape index (κ2) is 5.58. The van der Waals surface area contributed by atoms with Crippen LogP contribution in [0.1, 0.15) is 11.4 Å². The van der Waals surface area contributed by atoms with Crippen molar-refractivity contribution in [2.75, 3.05) is 6.54 Å². The smallest absolute Gasteiger partial charge is 0.137 e. The van der Waals surface area contributed by atoms with E-state index in [1.165, 1.54) is 22.7 Å². The number of hydrogen-bond acceptors (Lipinski definition) is 4. The molecule has 0 bridgehead atoms. The predicted octanol–water partition coefficient (Wildman–Crippen LogP) is 1.69. The zero-order chi connectivity index (χ0) is 12.9. The van der Waals surface area contributed by atoms with Crippen molar-refractivity contribution in [3.05, 3.63) is 54.4 Å². The summed E-state index contributed by atoms with van der Waals surface area (Å²) in [5.74, 6) is 0.912. The summed E-state index contributed by atoms with van der Waals surface area (Å²) in [4.78, 5) is 8.24. The topological polar surface area (TPSA) is 66.5 Å². The summed E-state index contributed by atoms with van der Waals surface area (Å²) in [5.41, 5.74) is 1.29. The molecule has 0 aliphatic carbocycles. The van der Waals surface area contributed by atoms with Gasteiger partial charge in [-0.25, -0.2) is 4.98 Å². The van der Waals surface area contributed by atoms with Gasteiger partial charge in [0.25, 0.3) is 0 Å². The first-order valence-electron chi connectivity index (χ1n) is 6.30. The average molecular weight is 253 g/mol. The molecule has 3 aromatic rings. The Hall–Kier alpha value is -2.27. The molecule has 5 heteroatoms. The van der Waals surface area contributed by atoms with Gasteiger partial charge in [-0.05, 0) is 17.0 Å². The molecule has 2 aromatic heterocycles. The maximum atomic E-state index is 4.14. The van der Waals surface area contributed by atoms with E-state index in [9.17, 15) is 0 Å². The number of nitrogens with one attached hydrogen (secondary N) is 2. The van der Waals surface area contributed by atoms with E-state index in [1.807, 2.05) is 12.4 Å². The second-order valence-corrected chi connectivity index (χ2v) is 4.37. The number of pyridine rings is 1. The Morgan fingerprint density at radius 3 is 3.11 bits per heavy atom. The molecule has 0 saturated carbocycles. The highest BCUT2D eigenvalue weighted by atomic mass is 15.2. The summed E-state index contributed by atoms with van der Waals surface area (Å²) in [6, 6.07) is 8.35. The predicted molar refractivity (Wildman–Crippen MR) is 73.5 cm³/mol.